The highest BCUT2D eigenvalue weighted by Crippen LogP contribution is 2.18. The lowest BCUT2D eigenvalue weighted by atomic mass is 10.1. The lowest BCUT2D eigenvalue weighted by Crippen LogP contribution is -2.29. The molecule has 0 aliphatic rings. The van der Waals surface area contributed by atoms with E-state index in [0.717, 1.165) is 11.1 Å². The van der Waals surface area contributed by atoms with Gasteiger partial charge in [0.2, 0.25) is 0 Å². The van der Waals surface area contributed by atoms with E-state index >= 15 is 0 Å². The summed E-state index contributed by atoms with van der Waals surface area (Å²) in [5.41, 5.74) is 2.32. The molecule has 0 radical (unpaired) electrons. The number of carbonyl (C=O) groups is 2. The molecule has 29 heavy (non-hydrogen) atoms. The van der Waals surface area contributed by atoms with Crippen LogP contribution in [0.1, 0.15) is 21.5 Å². The number of nitrogens with one attached hydrogen (secondary N) is 2. The number of rotatable bonds is 8. The van der Waals surface area contributed by atoms with Crippen molar-refractivity contribution < 1.29 is 14.3 Å². The van der Waals surface area contributed by atoms with Crippen molar-refractivity contribution in [3.05, 3.63) is 101 Å². The predicted octanol–water partition coefficient (Wildman–Crippen LogP) is 3.97. The summed E-state index contributed by atoms with van der Waals surface area (Å²) in [5.74, 6) is -0.176. The van der Waals surface area contributed by atoms with E-state index in [1.807, 2.05) is 42.5 Å². The second-order valence-electron chi connectivity index (χ2n) is 6.36. The van der Waals surface area contributed by atoms with Crippen LogP contribution < -0.4 is 15.4 Å². The minimum absolute atomic E-state index is 0.184. The maximum atomic E-state index is 12.5. The van der Waals surface area contributed by atoms with Crippen LogP contribution in [0, 0.1) is 0 Å². The molecule has 2 amide bonds. The van der Waals surface area contributed by atoms with E-state index in [9.17, 15) is 9.59 Å². The molecule has 0 unspecified atom stereocenters. The highest BCUT2D eigenvalue weighted by Gasteiger charge is 2.13. The Morgan fingerprint density at radius 3 is 2.14 bits per heavy atom. The van der Waals surface area contributed by atoms with Gasteiger partial charge < -0.3 is 15.4 Å². The van der Waals surface area contributed by atoms with Gasteiger partial charge in [0.05, 0.1) is 5.56 Å². The van der Waals surface area contributed by atoms with E-state index in [0.29, 0.717) is 29.4 Å². The van der Waals surface area contributed by atoms with E-state index in [4.69, 9.17) is 16.3 Å². The number of carbonyl (C=O) groups excluding carboxylic acids is 2. The summed E-state index contributed by atoms with van der Waals surface area (Å²) < 4.78 is 5.59. The fraction of sp³-hybridized carbons (Fsp3) is 0.130. The van der Waals surface area contributed by atoms with Crippen molar-refractivity contribution in [3.8, 4) is 5.75 Å². The smallest absolute Gasteiger partial charge is 0.258 e. The Labute approximate surface area is 174 Å². The molecular weight excluding hydrogens is 388 g/mol. The van der Waals surface area contributed by atoms with Gasteiger partial charge in [0.15, 0.2) is 6.61 Å². The number of hydrogen-bond donors (Lipinski definition) is 2. The minimum Gasteiger partial charge on any atom is -0.483 e. The quantitative estimate of drug-likeness (QED) is 0.592. The van der Waals surface area contributed by atoms with Gasteiger partial charge in [0, 0.05) is 18.1 Å². The summed E-state index contributed by atoms with van der Waals surface area (Å²) in [6, 6.07) is 23.7. The molecule has 0 bridgehead atoms. The fourth-order valence-electron chi connectivity index (χ4n) is 2.65. The van der Waals surface area contributed by atoms with Crippen LogP contribution in [-0.2, 0) is 17.9 Å². The Morgan fingerprint density at radius 1 is 0.759 bits per heavy atom. The molecule has 3 aromatic carbocycles. The Morgan fingerprint density at radius 2 is 1.38 bits per heavy atom. The minimum atomic E-state index is -0.278. The average molecular weight is 409 g/mol. The lowest BCUT2D eigenvalue weighted by Gasteiger charge is -2.12. The number of benzene rings is 3. The number of para-hydroxylation sites is 1. The molecule has 3 aromatic rings. The molecule has 0 aliphatic heterocycles. The third kappa shape index (κ3) is 6.36. The SMILES string of the molecule is O=C(COc1ccccc1C(=O)NCc1ccccc1)NCc1ccc(Cl)cc1. The average Bonchev–Trinajstić information content (AvgIpc) is 2.76. The monoisotopic (exact) mass is 408 g/mol. The number of ether oxygens (including phenoxy) is 1. The first kappa shape index (κ1) is 20.4. The summed E-state index contributed by atoms with van der Waals surface area (Å²) >= 11 is 5.85. The standard InChI is InChI=1S/C23H21ClN2O3/c24-19-12-10-18(11-13-19)14-25-22(27)16-29-21-9-5-4-8-20(21)23(28)26-15-17-6-2-1-3-7-17/h1-13H,14-16H2,(H,25,27)(H,26,28). The van der Waals surface area contributed by atoms with Crippen molar-refractivity contribution in [1.29, 1.82) is 0 Å². The van der Waals surface area contributed by atoms with Crippen LogP contribution in [-0.4, -0.2) is 18.4 Å². The van der Waals surface area contributed by atoms with Crippen molar-refractivity contribution in [1.82, 2.24) is 10.6 Å². The van der Waals surface area contributed by atoms with E-state index < -0.39 is 0 Å². The largest absolute Gasteiger partial charge is 0.483 e. The van der Waals surface area contributed by atoms with Crippen LogP contribution in [0.15, 0.2) is 78.9 Å². The lowest BCUT2D eigenvalue weighted by molar-refractivity contribution is -0.123. The first-order valence-corrected chi connectivity index (χ1v) is 9.55. The van der Waals surface area contributed by atoms with Crippen molar-refractivity contribution in [2.75, 3.05) is 6.61 Å². The van der Waals surface area contributed by atoms with Gasteiger partial charge in [0.25, 0.3) is 11.8 Å². The summed E-state index contributed by atoms with van der Waals surface area (Å²) in [4.78, 5) is 24.6. The van der Waals surface area contributed by atoms with E-state index in [2.05, 4.69) is 10.6 Å². The number of hydrogen-bond acceptors (Lipinski definition) is 3. The molecule has 0 saturated carbocycles. The van der Waals surface area contributed by atoms with Crippen molar-refractivity contribution in [3.63, 3.8) is 0 Å². The Hall–Kier alpha value is -3.31. The van der Waals surface area contributed by atoms with Gasteiger partial charge in [-0.1, -0.05) is 66.2 Å². The molecule has 148 valence electrons. The Bertz CT molecular complexity index is 959. The summed E-state index contributed by atoms with van der Waals surface area (Å²) in [7, 11) is 0. The molecule has 0 aliphatic carbocycles. The normalized spacial score (nSPS) is 10.2. The predicted molar refractivity (Wildman–Crippen MR) is 113 cm³/mol. The fourth-order valence-corrected chi connectivity index (χ4v) is 2.78. The first-order chi connectivity index (χ1) is 14.1. The molecule has 6 heteroatoms. The highest BCUT2D eigenvalue weighted by molar-refractivity contribution is 6.30. The van der Waals surface area contributed by atoms with Crippen LogP contribution in [0.3, 0.4) is 0 Å². The van der Waals surface area contributed by atoms with Gasteiger partial charge in [0.1, 0.15) is 5.75 Å². The van der Waals surface area contributed by atoms with Crippen molar-refractivity contribution in [2.45, 2.75) is 13.1 Å². The topological polar surface area (TPSA) is 67.4 Å². The first-order valence-electron chi connectivity index (χ1n) is 9.17. The summed E-state index contributed by atoms with van der Waals surface area (Å²) in [6.07, 6.45) is 0. The number of halogens is 1. The maximum absolute atomic E-state index is 12.5. The third-order valence-corrected chi connectivity index (χ3v) is 4.44. The zero-order chi connectivity index (χ0) is 20.5. The number of amides is 2. The molecule has 2 N–H and O–H groups in total. The Balaban J connectivity index is 1.52. The summed E-state index contributed by atoms with van der Waals surface area (Å²) in [6.45, 7) is 0.602. The zero-order valence-electron chi connectivity index (χ0n) is 15.7. The van der Waals surface area contributed by atoms with E-state index in [1.54, 1.807) is 36.4 Å². The van der Waals surface area contributed by atoms with Gasteiger partial charge in [-0.15, -0.1) is 0 Å². The van der Waals surface area contributed by atoms with Gasteiger partial charge >= 0.3 is 0 Å². The van der Waals surface area contributed by atoms with Gasteiger partial charge in [-0.3, -0.25) is 9.59 Å². The molecule has 5 nitrogen and oxygen atoms in total. The van der Waals surface area contributed by atoms with Crippen LogP contribution in [0.2, 0.25) is 5.02 Å². The van der Waals surface area contributed by atoms with Gasteiger partial charge in [-0.25, -0.2) is 0 Å². The van der Waals surface area contributed by atoms with Gasteiger partial charge in [-0.2, -0.15) is 0 Å². The molecule has 0 saturated heterocycles. The molecule has 0 fully saturated rings. The molecule has 0 aromatic heterocycles. The van der Waals surface area contributed by atoms with Crippen LogP contribution in [0.4, 0.5) is 0 Å². The van der Waals surface area contributed by atoms with E-state index in [1.165, 1.54) is 0 Å². The highest BCUT2D eigenvalue weighted by atomic mass is 35.5. The molecular formula is C23H21ClN2O3. The Kier molecular flexibility index (Phi) is 7.25. The van der Waals surface area contributed by atoms with Gasteiger partial charge in [-0.05, 0) is 35.4 Å². The van der Waals surface area contributed by atoms with Crippen LogP contribution in [0.25, 0.3) is 0 Å². The molecule has 0 atom stereocenters. The molecule has 0 heterocycles. The second kappa shape index (κ2) is 10.3. The van der Waals surface area contributed by atoms with Crippen molar-refractivity contribution >= 4 is 23.4 Å². The zero-order valence-corrected chi connectivity index (χ0v) is 16.5. The van der Waals surface area contributed by atoms with Crippen LogP contribution >= 0.6 is 11.6 Å². The molecule has 3 rings (SSSR count). The van der Waals surface area contributed by atoms with Crippen LogP contribution in [0.5, 0.6) is 5.75 Å². The maximum Gasteiger partial charge on any atom is 0.258 e. The van der Waals surface area contributed by atoms with Crippen molar-refractivity contribution in [2.24, 2.45) is 0 Å². The molecule has 0 spiro atoms. The van der Waals surface area contributed by atoms with E-state index in [-0.39, 0.29) is 18.4 Å². The summed E-state index contributed by atoms with van der Waals surface area (Å²) in [5, 5.41) is 6.28. The third-order valence-electron chi connectivity index (χ3n) is 4.19. The second-order valence-corrected chi connectivity index (χ2v) is 6.79.